The number of alkyl halides is 2. The summed E-state index contributed by atoms with van der Waals surface area (Å²) in [5, 5.41) is 3.46. The first-order valence-corrected chi connectivity index (χ1v) is 4.37. The maximum absolute atomic E-state index is 12.3. The summed E-state index contributed by atoms with van der Waals surface area (Å²) in [7, 11) is 2.50. The molecule has 0 bridgehead atoms. The van der Waals surface area contributed by atoms with Gasteiger partial charge in [0.1, 0.15) is 17.8 Å². The third-order valence-corrected chi connectivity index (χ3v) is 1.94. The fourth-order valence-corrected chi connectivity index (χ4v) is 1.15. The Balaban J connectivity index is 2.87. The molecule has 0 aliphatic carbocycles. The van der Waals surface area contributed by atoms with Gasteiger partial charge in [-0.15, -0.1) is 0 Å². The summed E-state index contributed by atoms with van der Waals surface area (Å²) in [5.41, 5.74) is -0.531. The van der Waals surface area contributed by atoms with Gasteiger partial charge >= 0.3 is 5.97 Å². The molecule has 0 aliphatic rings. The van der Waals surface area contributed by atoms with Crippen molar-refractivity contribution in [3.8, 4) is 0 Å². The molecule has 0 N–H and O–H groups in total. The SMILES string of the molecule is COC(=O)CC(=O)c1cc(C(F)F)nn1C. The van der Waals surface area contributed by atoms with Gasteiger partial charge in [-0.05, 0) is 6.07 Å². The molecule has 0 saturated carbocycles. The van der Waals surface area contributed by atoms with E-state index in [0.717, 1.165) is 17.9 Å². The third kappa shape index (κ3) is 2.62. The average Bonchev–Trinajstić information content (AvgIpc) is 2.60. The van der Waals surface area contributed by atoms with Gasteiger partial charge in [0.15, 0.2) is 5.78 Å². The van der Waals surface area contributed by atoms with Crippen molar-refractivity contribution in [1.29, 1.82) is 0 Å². The van der Waals surface area contributed by atoms with Crippen molar-refractivity contribution in [3.63, 3.8) is 0 Å². The van der Waals surface area contributed by atoms with Crippen molar-refractivity contribution in [3.05, 3.63) is 17.5 Å². The second-order valence-electron chi connectivity index (χ2n) is 3.05. The van der Waals surface area contributed by atoms with Crippen LogP contribution in [0.4, 0.5) is 8.78 Å². The molecule has 5 nitrogen and oxygen atoms in total. The summed E-state index contributed by atoms with van der Waals surface area (Å²) in [6.45, 7) is 0. The van der Waals surface area contributed by atoms with Gasteiger partial charge in [-0.2, -0.15) is 5.10 Å². The van der Waals surface area contributed by atoms with Crippen LogP contribution in [0, 0.1) is 0 Å². The van der Waals surface area contributed by atoms with Crippen LogP contribution < -0.4 is 0 Å². The monoisotopic (exact) mass is 232 g/mol. The van der Waals surface area contributed by atoms with Crippen LogP contribution in [-0.4, -0.2) is 28.6 Å². The molecule has 0 spiro atoms. The van der Waals surface area contributed by atoms with E-state index < -0.39 is 30.3 Å². The molecular formula is C9H10F2N2O3. The highest BCUT2D eigenvalue weighted by atomic mass is 19.3. The Morgan fingerprint density at radius 3 is 2.62 bits per heavy atom. The number of esters is 1. The number of aryl methyl sites for hydroxylation is 1. The van der Waals surface area contributed by atoms with Crippen molar-refractivity contribution in [1.82, 2.24) is 9.78 Å². The van der Waals surface area contributed by atoms with E-state index in [9.17, 15) is 18.4 Å². The van der Waals surface area contributed by atoms with E-state index in [1.54, 1.807) is 0 Å². The lowest BCUT2D eigenvalue weighted by Crippen LogP contribution is -2.13. The molecular weight excluding hydrogens is 222 g/mol. The van der Waals surface area contributed by atoms with Crippen LogP contribution in [0.15, 0.2) is 6.07 Å². The highest BCUT2D eigenvalue weighted by Gasteiger charge is 2.20. The van der Waals surface area contributed by atoms with E-state index in [-0.39, 0.29) is 5.69 Å². The molecule has 1 aromatic heterocycles. The van der Waals surface area contributed by atoms with Gasteiger partial charge in [0.05, 0.1) is 7.11 Å². The van der Waals surface area contributed by atoms with Crippen LogP contribution in [0.2, 0.25) is 0 Å². The van der Waals surface area contributed by atoms with Crippen LogP contribution in [0.3, 0.4) is 0 Å². The van der Waals surface area contributed by atoms with Crippen molar-refractivity contribution >= 4 is 11.8 Å². The Bertz CT molecular complexity index is 415. The average molecular weight is 232 g/mol. The first kappa shape index (κ1) is 12.3. The Labute approximate surface area is 90.0 Å². The molecule has 0 aromatic carbocycles. The van der Waals surface area contributed by atoms with Crippen LogP contribution in [0.25, 0.3) is 0 Å². The van der Waals surface area contributed by atoms with Crippen molar-refractivity contribution in [2.45, 2.75) is 12.8 Å². The van der Waals surface area contributed by atoms with E-state index in [4.69, 9.17) is 0 Å². The van der Waals surface area contributed by atoms with Gasteiger partial charge in [0.25, 0.3) is 6.43 Å². The van der Waals surface area contributed by atoms with Gasteiger partial charge in [-0.1, -0.05) is 0 Å². The van der Waals surface area contributed by atoms with Crippen molar-refractivity contribution < 1.29 is 23.1 Å². The van der Waals surface area contributed by atoms with Gasteiger partial charge in [-0.25, -0.2) is 8.78 Å². The Kier molecular flexibility index (Phi) is 3.70. The third-order valence-electron chi connectivity index (χ3n) is 1.94. The normalized spacial score (nSPS) is 10.6. The lowest BCUT2D eigenvalue weighted by molar-refractivity contribution is -0.139. The molecule has 88 valence electrons. The molecule has 1 rings (SSSR count). The minimum Gasteiger partial charge on any atom is -0.469 e. The highest BCUT2D eigenvalue weighted by molar-refractivity contribution is 6.04. The molecule has 0 fully saturated rings. The molecule has 1 aromatic rings. The number of aromatic nitrogens is 2. The summed E-state index contributed by atoms with van der Waals surface area (Å²) >= 11 is 0. The number of rotatable bonds is 4. The summed E-state index contributed by atoms with van der Waals surface area (Å²) in [6.07, 6.45) is -3.23. The van der Waals surface area contributed by atoms with E-state index >= 15 is 0 Å². The van der Waals surface area contributed by atoms with Crippen LogP contribution >= 0.6 is 0 Å². The summed E-state index contributed by atoms with van der Waals surface area (Å²) < 4.78 is 29.9. The predicted octanol–water partition coefficient (Wildman–Crippen LogP) is 1.10. The minimum atomic E-state index is -2.74. The molecule has 0 amide bonds. The number of ketones is 1. The molecule has 0 atom stereocenters. The molecule has 1 heterocycles. The first-order chi connectivity index (χ1) is 7.45. The number of methoxy groups -OCH3 is 1. The summed E-state index contributed by atoms with van der Waals surface area (Å²) in [5.74, 6) is -1.32. The molecule has 0 unspecified atom stereocenters. The second kappa shape index (κ2) is 4.82. The van der Waals surface area contributed by atoms with E-state index in [0.29, 0.717) is 0 Å². The number of Topliss-reactive ketones (excluding diaryl/α,β-unsaturated/α-hetero) is 1. The molecule has 16 heavy (non-hydrogen) atoms. The molecule has 7 heteroatoms. The van der Waals surface area contributed by atoms with E-state index in [1.807, 2.05) is 0 Å². The zero-order chi connectivity index (χ0) is 12.3. The quantitative estimate of drug-likeness (QED) is 0.443. The fourth-order valence-electron chi connectivity index (χ4n) is 1.15. The Morgan fingerprint density at radius 1 is 1.56 bits per heavy atom. The maximum atomic E-state index is 12.3. The molecule has 0 radical (unpaired) electrons. The number of hydrogen-bond acceptors (Lipinski definition) is 4. The Morgan fingerprint density at radius 2 is 2.19 bits per heavy atom. The highest BCUT2D eigenvalue weighted by Crippen LogP contribution is 2.18. The number of carbonyl (C=O) groups excluding carboxylic acids is 2. The molecule has 0 saturated heterocycles. The zero-order valence-electron chi connectivity index (χ0n) is 8.74. The number of hydrogen-bond donors (Lipinski definition) is 0. The number of halogens is 2. The van der Waals surface area contributed by atoms with Gasteiger partial charge in [-0.3, -0.25) is 14.3 Å². The smallest absolute Gasteiger partial charge is 0.313 e. The van der Waals surface area contributed by atoms with Crippen LogP contribution in [0.5, 0.6) is 0 Å². The number of nitrogens with zero attached hydrogens (tertiary/aromatic N) is 2. The van der Waals surface area contributed by atoms with E-state index in [1.165, 1.54) is 7.05 Å². The topological polar surface area (TPSA) is 61.2 Å². The zero-order valence-corrected chi connectivity index (χ0v) is 8.74. The van der Waals surface area contributed by atoms with Crippen molar-refractivity contribution in [2.75, 3.05) is 7.11 Å². The van der Waals surface area contributed by atoms with Gasteiger partial charge in [0.2, 0.25) is 0 Å². The summed E-state index contributed by atoms with van der Waals surface area (Å²) in [6, 6.07) is 0.968. The lowest BCUT2D eigenvalue weighted by Gasteiger charge is -1.99. The lowest BCUT2D eigenvalue weighted by atomic mass is 10.2. The van der Waals surface area contributed by atoms with Gasteiger partial charge in [0, 0.05) is 7.05 Å². The number of ether oxygens (including phenoxy) is 1. The van der Waals surface area contributed by atoms with Crippen LogP contribution in [0.1, 0.15) is 29.0 Å². The first-order valence-electron chi connectivity index (χ1n) is 4.37. The predicted molar refractivity (Wildman–Crippen MR) is 49.1 cm³/mol. The second-order valence-corrected chi connectivity index (χ2v) is 3.05. The number of carbonyl (C=O) groups is 2. The minimum absolute atomic E-state index is 0.0410. The fraction of sp³-hybridized carbons (Fsp3) is 0.444. The maximum Gasteiger partial charge on any atom is 0.313 e. The Hall–Kier alpha value is -1.79. The largest absolute Gasteiger partial charge is 0.469 e. The van der Waals surface area contributed by atoms with E-state index in [2.05, 4.69) is 9.84 Å². The molecule has 0 aliphatic heterocycles. The van der Waals surface area contributed by atoms with Crippen molar-refractivity contribution in [2.24, 2.45) is 7.05 Å². The standard InChI is InChI=1S/C9H10F2N2O3/c1-13-6(3-5(12-13)9(10)11)7(14)4-8(15)16-2/h3,9H,4H2,1-2H3. The summed E-state index contributed by atoms with van der Waals surface area (Å²) in [4.78, 5) is 22.3. The van der Waals surface area contributed by atoms with Crippen LogP contribution in [-0.2, 0) is 16.6 Å². The van der Waals surface area contributed by atoms with Gasteiger partial charge < -0.3 is 4.74 Å².